The Morgan fingerprint density at radius 1 is 1.35 bits per heavy atom. The van der Waals surface area contributed by atoms with E-state index in [1.54, 1.807) is 0 Å². The third-order valence-electron chi connectivity index (χ3n) is 5.83. The number of benzene rings is 1. The lowest BCUT2D eigenvalue weighted by molar-refractivity contribution is -0.125. The van der Waals surface area contributed by atoms with Crippen molar-refractivity contribution in [2.24, 2.45) is 11.8 Å². The zero-order valence-corrected chi connectivity index (χ0v) is 13.4. The first-order chi connectivity index (χ1) is 11.2. The van der Waals surface area contributed by atoms with E-state index in [1.807, 2.05) is 6.07 Å². The number of carbonyl (C=O) groups excluding carboxylic acids is 1. The summed E-state index contributed by atoms with van der Waals surface area (Å²) in [5.41, 5.74) is 2.29. The van der Waals surface area contributed by atoms with Crippen molar-refractivity contribution in [3.8, 4) is 0 Å². The summed E-state index contributed by atoms with van der Waals surface area (Å²) in [6.45, 7) is 1.84. The van der Waals surface area contributed by atoms with Crippen LogP contribution >= 0.6 is 0 Å². The average molecular weight is 310 g/mol. The molecule has 5 heteroatoms. The van der Waals surface area contributed by atoms with Crippen LogP contribution in [0.1, 0.15) is 31.1 Å². The molecular formula is C18H22N4O. The predicted molar refractivity (Wildman–Crippen MR) is 87.9 cm³/mol. The van der Waals surface area contributed by atoms with Crippen molar-refractivity contribution in [1.29, 1.82) is 0 Å². The molecule has 1 saturated heterocycles. The number of aromatic nitrogens is 2. The Bertz CT molecular complexity index is 778. The maximum Gasteiger partial charge on any atom is 0.237 e. The number of nitrogens with zero attached hydrogens (tertiary/aromatic N) is 3. The number of carbonyl (C=O) groups is 1. The van der Waals surface area contributed by atoms with Crippen LogP contribution < -0.4 is 5.32 Å². The van der Waals surface area contributed by atoms with Crippen molar-refractivity contribution in [1.82, 2.24) is 19.8 Å². The number of para-hydroxylation sites is 2. The molecule has 3 atom stereocenters. The summed E-state index contributed by atoms with van der Waals surface area (Å²) in [5.74, 6) is 2.57. The molecule has 3 heterocycles. The summed E-state index contributed by atoms with van der Waals surface area (Å²) in [4.78, 5) is 19.6. The third-order valence-corrected chi connectivity index (χ3v) is 5.83. The van der Waals surface area contributed by atoms with E-state index in [-0.39, 0.29) is 18.0 Å². The smallest absolute Gasteiger partial charge is 0.237 e. The van der Waals surface area contributed by atoms with Crippen molar-refractivity contribution in [2.45, 2.75) is 37.9 Å². The van der Waals surface area contributed by atoms with Gasteiger partial charge in [-0.2, -0.15) is 0 Å². The molecule has 1 aliphatic carbocycles. The number of nitrogens with one attached hydrogen (secondary N) is 1. The Balaban J connectivity index is 1.40. The van der Waals surface area contributed by atoms with Crippen molar-refractivity contribution in [2.75, 3.05) is 13.6 Å². The van der Waals surface area contributed by atoms with Gasteiger partial charge in [0.1, 0.15) is 5.82 Å². The molecule has 1 amide bonds. The van der Waals surface area contributed by atoms with Crippen LogP contribution in [0.4, 0.5) is 0 Å². The molecule has 1 aromatic carbocycles. The van der Waals surface area contributed by atoms with Crippen LogP contribution in [0, 0.1) is 11.8 Å². The molecule has 2 fully saturated rings. The maximum atomic E-state index is 12.5. The monoisotopic (exact) mass is 310 g/mol. The second kappa shape index (κ2) is 4.81. The zero-order chi connectivity index (χ0) is 15.6. The molecule has 120 valence electrons. The second-order valence-corrected chi connectivity index (χ2v) is 7.38. The zero-order valence-electron chi connectivity index (χ0n) is 13.4. The van der Waals surface area contributed by atoms with Crippen molar-refractivity contribution in [3.63, 3.8) is 0 Å². The number of amides is 1. The molecule has 1 aromatic heterocycles. The van der Waals surface area contributed by atoms with Gasteiger partial charge < -0.3 is 9.88 Å². The number of fused-ring (bicyclic) bond motifs is 5. The summed E-state index contributed by atoms with van der Waals surface area (Å²) >= 11 is 0. The van der Waals surface area contributed by atoms with E-state index < -0.39 is 0 Å². The van der Waals surface area contributed by atoms with Crippen LogP contribution in [0.2, 0.25) is 0 Å². The van der Waals surface area contributed by atoms with Crippen LogP contribution in [0.15, 0.2) is 24.3 Å². The van der Waals surface area contributed by atoms with Crippen LogP contribution in [0.3, 0.4) is 0 Å². The Morgan fingerprint density at radius 3 is 3.00 bits per heavy atom. The molecule has 5 rings (SSSR count). The number of likely N-dealkylation sites (N-methyl/N-ethyl adjacent to an activating group) is 1. The highest BCUT2D eigenvalue weighted by Gasteiger charge is 2.49. The van der Waals surface area contributed by atoms with E-state index >= 15 is 0 Å². The lowest BCUT2D eigenvalue weighted by Crippen LogP contribution is -2.42. The summed E-state index contributed by atoms with van der Waals surface area (Å²) in [6, 6.07) is 8.60. The number of imidazole rings is 1. The maximum absolute atomic E-state index is 12.5. The summed E-state index contributed by atoms with van der Waals surface area (Å²) < 4.78 is 2.35. The van der Waals surface area contributed by atoms with Crippen molar-refractivity contribution >= 4 is 16.9 Å². The van der Waals surface area contributed by atoms with E-state index in [4.69, 9.17) is 4.98 Å². The van der Waals surface area contributed by atoms with E-state index in [0.717, 1.165) is 36.8 Å². The summed E-state index contributed by atoms with van der Waals surface area (Å²) in [6.07, 6.45) is 3.49. The molecule has 2 aromatic rings. The number of rotatable bonds is 3. The highest BCUT2D eigenvalue weighted by molar-refractivity contribution is 5.82. The van der Waals surface area contributed by atoms with Crippen LogP contribution in [0.25, 0.3) is 11.0 Å². The lowest BCUT2D eigenvalue weighted by Gasteiger charge is -2.23. The minimum atomic E-state index is -0.00249. The molecule has 23 heavy (non-hydrogen) atoms. The second-order valence-electron chi connectivity index (χ2n) is 7.38. The molecular weight excluding hydrogens is 288 g/mol. The SMILES string of the molecule is CN1[C@@H](C(=O)NCC2CC2)C[C@@H]2Cn3c(nc4ccccc43)[C@@H]21. The van der Waals surface area contributed by atoms with Crippen LogP contribution in [0.5, 0.6) is 0 Å². The first-order valence-electron chi connectivity index (χ1n) is 8.67. The van der Waals surface area contributed by atoms with Gasteiger partial charge in [0.25, 0.3) is 0 Å². The molecule has 0 spiro atoms. The fourth-order valence-electron chi connectivity index (χ4n) is 4.40. The van der Waals surface area contributed by atoms with Gasteiger partial charge in [-0.25, -0.2) is 4.98 Å². The van der Waals surface area contributed by atoms with Gasteiger partial charge in [-0.3, -0.25) is 9.69 Å². The highest BCUT2D eigenvalue weighted by atomic mass is 16.2. The number of hydrogen-bond acceptors (Lipinski definition) is 3. The van der Waals surface area contributed by atoms with E-state index in [1.165, 1.54) is 18.4 Å². The van der Waals surface area contributed by atoms with Gasteiger partial charge in [0.15, 0.2) is 0 Å². The summed E-state index contributed by atoms with van der Waals surface area (Å²) in [7, 11) is 2.08. The molecule has 3 aliphatic rings. The van der Waals surface area contributed by atoms with Gasteiger partial charge in [0.05, 0.1) is 23.1 Å². The Morgan fingerprint density at radius 2 is 2.17 bits per heavy atom. The third kappa shape index (κ3) is 2.02. The molecule has 5 nitrogen and oxygen atoms in total. The Labute approximate surface area is 135 Å². The molecule has 2 aliphatic heterocycles. The van der Waals surface area contributed by atoms with Gasteiger partial charge >= 0.3 is 0 Å². The molecule has 0 unspecified atom stereocenters. The van der Waals surface area contributed by atoms with Gasteiger partial charge in [-0.15, -0.1) is 0 Å². The average Bonchev–Trinajstić information content (AvgIpc) is 3.11. The van der Waals surface area contributed by atoms with Crippen molar-refractivity contribution in [3.05, 3.63) is 30.1 Å². The molecule has 0 bridgehead atoms. The summed E-state index contributed by atoms with van der Waals surface area (Å²) in [5, 5.41) is 3.15. The Kier molecular flexibility index (Phi) is 2.83. The van der Waals surface area contributed by atoms with Gasteiger partial charge in [-0.1, -0.05) is 12.1 Å². The number of likely N-dealkylation sites (tertiary alicyclic amines) is 1. The van der Waals surface area contributed by atoms with Crippen LogP contribution in [-0.4, -0.2) is 40.0 Å². The predicted octanol–water partition coefficient (Wildman–Crippen LogP) is 1.94. The van der Waals surface area contributed by atoms with Crippen molar-refractivity contribution < 1.29 is 4.79 Å². The first-order valence-corrected chi connectivity index (χ1v) is 8.67. The van der Waals surface area contributed by atoms with Crippen LogP contribution in [-0.2, 0) is 11.3 Å². The minimum absolute atomic E-state index is 0.00249. The molecule has 0 radical (unpaired) electrons. The van der Waals surface area contributed by atoms with Gasteiger partial charge in [0.2, 0.25) is 5.91 Å². The largest absolute Gasteiger partial charge is 0.354 e. The van der Waals surface area contributed by atoms with E-state index in [9.17, 15) is 4.79 Å². The fraction of sp³-hybridized carbons (Fsp3) is 0.556. The Hall–Kier alpha value is -1.88. The molecule has 1 N–H and O–H groups in total. The quantitative estimate of drug-likeness (QED) is 0.942. The topological polar surface area (TPSA) is 50.2 Å². The highest BCUT2D eigenvalue weighted by Crippen LogP contribution is 2.46. The number of hydrogen-bond donors (Lipinski definition) is 1. The standard InChI is InChI=1S/C18H22N4O/c1-21-15(18(23)19-9-11-6-7-11)8-12-10-22-14-5-3-2-4-13(14)20-17(22)16(12)21/h2-5,11-12,15-16H,6-10H2,1H3,(H,19,23)/t12-,15-,16-/m1/s1. The van der Waals surface area contributed by atoms with Gasteiger partial charge in [-0.05, 0) is 44.4 Å². The fourth-order valence-corrected chi connectivity index (χ4v) is 4.40. The lowest BCUT2D eigenvalue weighted by atomic mass is 10.0. The normalized spacial score (nSPS) is 29.7. The minimum Gasteiger partial charge on any atom is -0.354 e. The van der Waals surface area contributed by atoms with Gasteiger partial charge in [0, 0.05) is 19.0 Å². The molecule has 1 saturated carbocycles. The first kappa shape index (κ1) is 13.5. The van der Waals surface area contributed by atoms with E-state index in [0.29, 0.717) is 5.92 Å². The van der Waals surface area contributed by atoms with E-state index in [2.05, 4.69) is 40.0 Å².